The van der Waals surface area contributed by atoms with Crippen molar-refractivity contribution >= 4 is 35.8 Å². The lowest BCUT2D eigenvalue weighted by Gasteiger charge is -2.42. The van der Waals surface area contributed by atoms with Gasteiger partial charge in [0, 0.05) is 67.6 Å². The molecule has 2 heterocycles. The molecule has 0 aromatic heterocycles. The number of rotatable bonds is 7. The van der Waals surface area contributed by atoms with Gasteiger partial charge in [-0.3, -0.25) is 19.5 Å². The van der Waals surface area contributed by atoms with Crippen LogP contribution in [0.1, 0.15) is 37.8 Å². The minimum absolute atomic E-state index is 0.0709. The Balaban J connectivity index is 1.66. The highest BCUT2D eigenvalue weighted by molar-refractivity contribution is 6.31. The van der Waals surface area contributed by atoms with Crippen molar-refractivity contribution in [2.45, 2.75) is 46.2 Å². The number of ether oxygens (including phenoxy) is 1. The molecule has 9 heteroatoms. The SMILES string of the molecule is C=N/C(C#N)=C\C=C(/C)C(=O)Nc1cc(Cl)cc(CN2CCN(C(=O)C3CCOCC3)[C@@H](C)C2)c1C. The van der Waals surface area contributed by atoms with Gasteiger partial charge in [0.25, 0.3) is 5.91 Å². The molecule has 2 fully saturated rings. The van der Waals surface area contributed by atoms with Gasteiger partial charge in [-0.25, -0.2) is 0 Å². The summed E-state index contributed by atoms with van der Waals surface area (Å²) < 4.78 is 5.41. The first kappa shape index (κ1) is 27.6. The average Bonchev–Trinajstić information content (AvgIpc) is 2.87. The van der Waals surface area contributed by atoms with E-state index in [2.05, 4.69) is 28.9 Å². The van der Waals surface area contributed by atoms with E-state index >= 15 is 0 Å². The number of piperazine rings is 1. The fraction of sp³-hybridized carbons (Fsp3) is 0.481. The first-order valence-corrected chi connectivity index (χ1v) is 12.6. The summed E-state index contributed by atoms with van der Waals surface area (Å²) >= 11 is 6.41. The van der Waals surface area contributed by atoms with Gasteiger partial charge in [0.05, 0.1) is 0 Å². The van der Waals surface area contributed by atoms with E-state index in [0.717, 1.165) is 37.1 Å². The molecule has 2 amide bonds. The van der Waals surface area contributed by atoms with Crippen molar-refractivity contribution in [3.05, 3.63) is 51.7 Å². The molecular weight excluding hydrogens is 478 g/mol. The second-order valence-corrected chi connectivity index (χ2v) is 9.80. The number of halogens is 1. The number of nitrogens with zero attached hydrogens (tertiary/aromatic N) is 4. The largest absolute Gasteiger partial charge is 0.381 e. The van der Waals surface area contributed by atoms with Gasteiger partial charge in [0.2, 0.25) is 5.91 Å². The maximum absolute atomic E-state index is 13.0. The molecule has 1 aromatic carbocycles. The standard InChI is InChI=1S/C27H34ClN5O3/c1-18(5-6-24(15-29)30-4)26(34)31-25-14-23(28)13-22(20(25)3)17-32-9-10-33(19(2)16-32)27(35)21-7-11-36-12-8-21/h5-6,13-14,19,21H,4,7-12,16-17H2,1-3H3,(H,31,34)/b18-5+,24-6-/t19-/m0/s1. The van der Waals surface area contributed by atoms with Gasteiger partial charge < -0.3 is 15.0 Å². The minimum Gasteiger partial charge on any atom is -0.381 e. The third-order valence-corrected chi connectivity index (χ3v) is 7.04. The lowest BCUT2D eigenvalue weighted by Crippen LogP contribution is -2.55. The first-order chi connectivity index (χ1) is 17.2. The Labute approximate surface area is 218 Å². The molecular formula is C27H34ClN5O3. The summed E-state index contributed by atoms with van der Waals surface area (Å²) in [4.78, 5) is 33.6. The molecule has 0 aliphatic carbocycles. The highest BCUT2D eigenvalue weighted by Crippen LogP contribution is 2.28. The molecule has 0 saturated carbocycles. The molecule has 36 heavy (non-hydrogen) atoms. The van der Waals surface area contributed by atoms with Gasteiger partial charge in [-0.05, 0) is 69.7 Å². The molecule has 192 valence electrons. The Morgan fingerprint density at radius 3 is 2.67 bits per heavy atom. The molecule has 0 bridgehead atoms. The zero-order valence-corrected chi connectivity index (χ0v) is 22.0. The number of hydrogen-bond donors (Lipinski definition) is 1. The van der Waals surface area contributed by atoms with E-state index in [1.807, 2.05) is 24.0 Å². The fourth-order valence-electron chi connectivity index (χ4n) is 4.58. The van der Waals surface area contributed by atoms with Crippen LogP contribution in [0.3, 0.4) is 0 Å². The van der Waals surface area contributed by atoms with Crippen molar-refractivity contribution in [2.24, 2.45) is 10.9 Å². The second kappa shape index (κ2) is 12.8. The molecule has 0 spiro atoms. The second-order valence-electron chi connectivity index (χ2n) is 9.37. The summed E-state index contributed by atoms with van der Waals surface area (Å²) in [6, 6.07) is 5.68. The van der Waals surface area contributed by atoms with Crippen molar-refractivity contribution < 1.29 is 14.3 Å². The molecule has 1 N–H and O–H groups in total. The van der Waals surface area contributed by atoms with E-state index in [9.17, 15) is 9.59 Å². The minimum atomic E-state index is -0.294. The number of nitriles is 1. The van der Waals surface area contributed by atoms with Crippen LogP contribution in [-0.4, -0.2) is 67.2 Å². The molecule has 0 unspecified atom stereocenters. The summed E-state index contributed by atoms with van der Waals surface area (Å²) in [7, 11) is 0. The van der Waals surface area contributed by atoms with Crippen LogP contribution in [0.4, 0.5) is 5.69 Å². The molecule has 2 aliphatic heterocycles. The zero-order valence-electron chi connectivity index (χ0n) is 21.2. The van der Waals surface area contributed by atoms with Crippen LogP contribution in [0.25, 0.3) is 0 Å². The van der Waals surface area contributed by atoms with E-state index in [1.165, 1.54) is 12.2 Å². The number of carbonyl (C=O) groups excluding carboxylic acids is 2. The summed E-state index contributed by atoms with van der Waals surface area (Å²) in [5.74, 6) is 0.0258. The average molecular weight is 512 g/mol. The first-order valence-electron chi connectivity index (χ1n) is 12.2. The number of anilines is 1. The molecule has 2 saturated heterocycles. The quantitative estimate of drug-likeness (QED) is 0.257. The summed E-state index contributed by atoms with van der Waals surface area (Å²) in [5, 5.41) is 12.4. The van der Waals surface area contributed by atoms with Crippen molar-refractivity contribution in [3.63, 3.8) is 0 Å². The number of nitrogens with one attached hydrogen (secondary N) is 1. The number of allylic oxidation sites excluding steroid dienone is 3. The predicted octanol–water partition coefficient (Wildman–Crippen LogP) is 4.10. The number of amides is 2. The lowest BCUT2D eigenvalue weighted by molar-refractivity contribution is -0.143. The topological polar surface area (TPSA) is 98.0 Å². The Kier molecular flexibility index (Phi) is 9.82. The Bertz CT molecular complexity index is 1100. The lowest BCUT2D eigenvalue weighted by atomic mass is 9.97. The molecule has 1 aromatic rings. The van der Waals surface area contributed by atoms with Crippen LogP contribution < -0.4 is 5.32 Å². The Hall–Kier alpha value is -2.99. The van der Waals surface area contributed by atoms with E-state index in [1.54, 1.807) is 13.0 Å². The molecule has 2 aliphatic rings. The monoisotopic (exact) mass is 511 g/mol. The highest BCUT2D eigenvalue weighted by Gasteiger charge is 2.32. The molecule has 8 nitrogen and oxygen atoms in total. The highest BCUT2D eigenvalue weighted by atomic mass is 35.5. The summed E-state index contributed by atoms with van der Waals surface area (Å²) in [5.41, 5.74) is 3.16. The van der Waals surface area contributed by atoms with Gasteiger partial charge in [0.1, 0.15) is 11.8 Å². The maximum Gasteiger partial charge on any atom is 0.251 e. The van der Waals surface area contributed by atoms with Crippen LogP contribution in [0.2, 0.25) is 5.02 Å². The summed E-state index contributed by atoms with van der Waals surface area (Å²) in [6.45, 7) is 13.3. The van der Waals surface area contributed by atoms with E-state index in [4.69, 9.17) is 21.6 Å². The van der Waals surface area contributed by atoms with Gasteiger partial charge in [-0.15, -0.1) is 0 Å². The number of benzene rings is 1. The fourth-order valence-corrected chi connectivity index (χ4v) is 4.82. The maximum atomic E-state index is 13.0. The molecule has 3 rings (SSSR count). The van der Waals surface area contributed by atoms with E-state index in [0.29, 0.717) is 42.6 Å². The van der Waals surface area contributed by atoms with Gasteiger partial charge in [-0.2, -0.15) is 5.26 Å². The van der Waals surface area contributed by atoms with Gasteiger partial charge in [-0.1, -0.05) is 17.7 Å². The third kappa shape index (κ3) is 7.03. The number of aliphatic imine (C=N–C) groups is 1. The van der Waals surface area contributed by atoms with Crippen LogP contribution >= 0.6 is 11.6 Å². The van der Waals surface area contributed by atoms with E-state index < -0.39 is 0 Å². The smallest absolute Gasteiger partial charge is 0.251 e. The Morgan fingerprint density at radius 2 is 2.03 bits per heavy atom. The van der Waals surface area contributed by atoms with Crippen molar-refractivity contribution in [3.8, 4) is 6.07 Å². The normalized spacial score (nSPS) is 20.1. The number of hydrogen-bond acceptors (Lipinski definition) is 6. The zero-order chi connectivity index (χ0) is 26.2. The van der Waals surface area contributed by atoms with Gasteiger partial charge >= 0.3 is 0 Å². The number of carbonyl (C=O) groups is 2. The van der Waals surface area contributed by atoms with E-state index in [-0.39, 0.29) is 29.5 Å². The Morgan fingerprint density at radius 1 is 1.31 bits per heavy atom. The predicted molar refractivity (Wildman–Crippen MR) is 142 cm³/mol. The molecule has 1 atom stereocenters. The van der Waals surface area contributed by atoms with Crippen LogP contribution in [0, 0.1) is 24.2 Å². The van der Waals surface area contributed by atoms with Gasteiger partial charge in [0.15, 0.2) is 0 Å². The summed E-state index contributed by atoms with van der Waals surface area (Å²) in [6.07, 6.45) is 4.59. The van der Waals surface area contributed by atoms with Crippen molar-refractivity contribution in [1.29, 1.82) is 5.26 Å². The van der Waals surface area contributed by atoms with Crippen LogP contribution in [0.15, 0.2) is 40.5 Å². The van der Waals surface area contributed by atoms with Crippen molar-refractivity contribution in [1.82, 2.24) is 9.80 Å². The van der Waals surface area contributed by atoms with Crippen LogP contribution in [0.5, 0.6) is 0 Å². The third-order valence-electron chi connectivity index (χ3n) is 6.82. The van der Waals surface area contributed by atoms with Crippen LogP contribution in [-0.2, 0) is 20.9 Å². The molecule has 0 radical (unpaired) electrons. The van der Waals surface area contributed by atoms with Crippen molar-refractivity contribution in [2.75, 3.05) is 38.2 Å².